The van der Waals surface area contributed by atoms with Crippen molar-refractivity contribution in [1.82, 2.24) is 5.32 Å². The summed E-state index contributed by atoms with van der Waals surface area (Å²) in [5.74, 6) is -1.54. The van der Waals surface area contributed by atoms with Crippen molar-refractivity contribution in [1.29, 1.82) is 0 Å². The van der Waals surface area contributed by atoms with Crippen molar-refractivity contribution >= 4 is 5.91 Å². The molecular formula is C18H21NO5. The molecule has 6 nitrogen and oxygen atoms in total. The standard InChI is InChI=1S/C18H21NO5/c1-4-8-14(20)19-13-11-17(21,12-9-6-5-7-10-12)15-16(24-15)18(13,22-2)23-3/h4-7,9-11,15-16,21H,1,8H2,2-3H3,(H,19,20)/t15-,16+,17-/m0/s1. The summed E-state index contributed by atoms with van der Waals surface area (Å²) in [5, 5.41) is 14.0. The van der Waals surface area contributed by atoms with Crippen molar-refractivity contribution in [3.63, 3.8) is 0 Å². The van der Waals surface area contributed by atoms with E-state index in [2.05, 4.69) is 11.9 Å². The van der Waals surface area contributed by atoms with E-state index < -0.39 is 23.6 Å². The van der Waals surface area contributed by atoms with E-state index in [4.69, 9.17) is 14.2 Å². The number of carbonyl (C=O) groups is 1. The van der Waals surface area contributed by atoms with Crippen molar-refractivity contribution in [2.75, 3.05) is 14.2 Å². The first-order valence-corrected chi connectivity index (χ1v) is 7.69. The molecule has 0 unspecified atom stereocenters. The molecule has 0 aromatic heterocycles. The zero-order valence-corrected chi connectivity index (χ0v) is 13.7. The highest BCUT2D eigenvalue weighted by molar-refractivity contribution is 5.79. The second kappa shape index (κ2) is 6.14. The van der Waals surface area contributed by atoms with Crippen LogP contribution in [-0.2, 0) is 24.6 Å². The first-order valence-electron chi connectivity index (χ1n) is 7.69. The highest BCUT2D eigenvalue weighted by Gasteiger charge is 2.69. The van der Waals surface area contributed by atoms with Crippen LogP contribution >= 0.6 is 0 Å². The lowest BCUT2D eigenvalue weighted by atomic mass is 9.80. The molecule has 24 heavy (non-hydrogen) atoms. The van der Waals surface area contributed by atoms with E-state index in [1.54, 1.807) is 6.08 Å². The van der Waals surface area contributed by atoms with Crippen LogP contribution in [0.5, 0.6) is 0 Å². The van der Waals surface area contributed by atoms with Crippen LogP contribution in [0.25, 0.3) is 0 Å². The Morgan fingerprint density at radius 1 is 1.33 bits per heavy atom. The summed E-state index contributed by atoms with van der Waals surface area (Å²) in [7, 11) is 2.95. The van der Waals surface area contributed by atoms with Crippen LogP contribution in [0.4, 0.5) is 0 Å². The van der Waals surface area contributed by atoms with Crippen molar-refractivity contribution in [2.24, 2.45) is 0 Å². The number of carbonyl (C=O) groups excluding carboxylic acids is 1. The zero-order chi connectivity index (χ0) is 17.4. The summed E-state index contributed by atoms with van der Waals surface area (Å²) >= 11 is 0. The zero-order valence-electron chi connectivity index (χ0n) is 13.7. The average molecular weight is 331 g/mol. The van der Waals surface area contributed by atoms with Gasteiger partial charge in [0.25, 0.3) is 0 Å². The molecule has 1 amide bonds. The van der Waals surface area contributed by atoms with Crippen LogP contribution in [0.2, 0.25) is 0 Å². The van der Waals surface area contributed by atoms with E-state index in [1.807, 2.05) is 30.3 Å². The van der Waals surface area contributed by atoms with Gasteiger partial charge in [-0.1, -0.05) is 36.4 Å². The van der Waals surface area contributed by atoms with Gasteiger partial charge in [0.15, 0.2) is 0 Å². The van der Waals surface area contributed by atoms with E-state index >= 15 is 0 Å². The van der Waals surface area contributed by atoms with Gasteiger partial charge in [0.1, 0.15) is 17.8 Å². The van der Waals surface area contributed by atoms with Crippen molar-refractivity contribution in [3.05, 3.63) is 60.3 Å². The largest absolute Gasteiger partial charge is 0.378 e. The number of fused-ring (bicyclic) bond motifs is 1. The average Bonchev–Trinajstić information content (AvgIpc) is 3.39. The molecule has 0 bridgehead atoms. The molecule has 0 saturated carbocycles. The maximum absolute atomic E-state index is 12.0. The number of ether oxygens (including phenoxy) is 3. The van der Waals surface area contributed by atoms with Gasteiger partial charge in [0.05, 0.1) is 5.70 Å². The highest BCUT2D eigenvalue weighted by atomic mass is 16.7. The second-order valence-electron chi connectivity index (χ2n) is 5.84. The fourth-order valence-corrected chi connectivity index (χ4v) is 3.24. The fourth-order valence-electron chi connectivity index (χ4n) is 3.24. The summed E-state index contributed by atoms with van der Waals surface area (Å²) < 4.78 is 16.8. The summed E-state index contributed by atoms with van der Waals surface area (Å²) in [4.78, 5) is 12.0. The van der Waals surface area contributed by atoms with Gasteiger partial charge in [0, 0.05) is 20.6 Å². The van der Waals surface area contributed by atoms with Gasteiger partial charge in [-0.25, -0.2) is 0 Å². The number of aliphatic hydroxyl groups is 1. The molecule has 0 radical (unpaired) electrons. The number of amides is 1. The summed E-state index contributed by atoms with van der Waals surface area (Å²) in [6.45, 7) is 3.55. The van der Waals surface area contributed by atoms with E-state index in [1.165, 1.54) is 20.3 Å². The van der Waals surface area contributed by atoms with E-state index in [0.29, 0.717) is 11.3 Å². The van der Waals surface area contributed by atoms with Crippen LogP contribution in [0.15, 0.2) is 54.8 Å². The predicted octanol–water partition coefficient (Wildman–Crippen LogP) is 1.22. The van der Waals surface area contributed by atoms with E-state index in [9.17, 15) is 9.90 Å². The maximum Gasteiger partial charge on any atom is 0.239 e. The first-order chi connectivity index (χ1) is 11.5. The van der Waals surface area contributed by atoms with Gasteiger partial charge < -0.3 is 24.6 Å². The lowest BCUT2D eigenvalue weighted by molar-refractivity contribution is -0.198. The SMILES string of the molecule is C=CCC(=O)NC1=C[C@](O)(c2ccccc2)[C@H]2O[C@H]2C1(OC)OC. The molecule has 6 heteroatoms. The molecule has 1 heterocycles. The van der Waals surface area contributed by atoms with Gasteiger partial charge in [-0.3, -0.25) is 4.79 Å². The number of hydrogen-bond acceptors (Lipinski definition) is 5. The van der Waals surface area contributed by atoms with Crippen molar-refractivity contribution in [3.8, 4) is 0 Å². The van der Waals surface area contributed by atoms with Gasteiger partial charge in [-0.15, -0.1) is 6.58 Å². The molecule has 2 aliphatic rings. The number of nitrogens with one attached hydrogen (secondary N) is 1. The monoisotopic (exact) mass is 331 g/mol. The Labute approximate surface area is 140 Å². The third-order valence-electron chi connectivity index (χ3n) is 4.49. The number of epoxide rings is 1. The minimum atomic E-state index is -1.37. The molecule has 3 rings (SSSR count). The summed E-state index contributed by atoms with van der Waals surface area (Å²) in [6, 6.07) is 9.16. The van der Waals surface area contributed by atoms with E-state index in [0.717, 1.165) is 0 Å². The maximum atomic E-state index is 12.0. The Bertz CT molecular complexity index is 667. The normalized spacial score (nSPS) is 30.0. The number of methoxy groups -OCH3 is 2. The molecule has 1 fully saturated rings. The minimum Gasteiger partial charge on any atom is -0.378 e. The first kappa shape index (κ1) is 16.9. The molecule has 1 aromatic rings. The second-order valence-corrected chi connectivity index (χ2v) is 5.84. The molecule has 0 spiro atoms. The Kier molecular flexibility index (Phi) is 4.31. The number of hydrogen-bond donors (Lipinski definition) is 2. The molecule has 2 N–H and O–H groups in total. The topological polar surface area (TPSA) is 80.3 Å². The third kappa shape index (κ3) is 2.48. The minimum absolute atomic E-state index is 0.138. The number of benzene rings is 1. The van der Waals surface area contributed by atoms with Crippen LogP contribution in [0.1, 0.15) is 12.0 Å². The van der Waals surface area contributed by atoms with Gasteiger partial charge >= 0.3 is 0 Å². The number of rotatable bonds is 6. The van der Waals surface area contributed by atoms with Crippen molar-refractivity contribution < 1.29 is 24.1 Å². The predicted molar refractivity (Wildman–Crippen MR) is 86.8 cm³/mol. The van der Waals surface area contributed by atoms with Crippen LogP contribution in [-0.4, -0.2) is 43.2 Å². The Balaban J connectivity index is 2.05. The Hall–Kier alpha value is -1.99. The third-order valence-corrected chi connectivity index (χ3v) is 4.49. The smallest absolute Gasteiger partial charge is 0.239 e. The summed E-state index contributed by atoms with van der Waals surface area (Å²) in [5.41, 5.74) is -0.373. The fraction of sp³-hybridized carbons (Fsp3) is 0.389. The van der Waals surface area contributed by atoms with Gasteiger partial charge in [-0.05, 0) is 11.6 Å². The Morgan fingerprint density at radius 3 is 2.58 bits per heavy atom. The molecule has 128 valence electrons. The summed E-state index contributed by atoms with van der Waals surface area (Å²) in [6.07, 6.45) is 2.14. The molecule has 1 aliphatic heterocycles. The lowest BCUT2D eigenvalue weighted by Gasteiger charge is -2.38. The quantitative estimate of drug-likeness (QED) is 0.465. The highest BCUT2D eigenvalue weighted by Crippen LogP contribution is 2.53. The molecule has 1 aromatic carbocycles. The van der Waals surface area contributed by atoms with Crippen LogP contribution in [0, 0.1) is 0 Å². The molecule has 1 aliphatic carbocycles. The Morgan fingerprint density at radius 2 is 2.00 bits per heavy atom. The van der Waals surface area contributed by atoms with Gasteiger partial charge in [0.2, 0.25) is 11.7 Å². The van der Waals surface area contributed by atoms with Crippen LogP contribution in [0.3, 0.4) is 0 Å². The molecule has 3 atom stereocenters. The lowest BCUT2D eigenvalue weighted by Crippen LogP contribution is -2.54. The van der Waals surface area contributed by atoms with Crippen LogP contribution < -0.4 is 5.32 Å². The molecular weight excluding hydrogens is 310 g/mol. The van der Waals surface area contributed by atoms with Crippen molar-refractivity contribution in [2.45, 2.75) is 30.0 Å². The van der Waals surface area contributed by atoms with Gasteiger partial charge in [-0.2, -0.15) is 0 Å². The molecule has 1 saturated heterocycles. The van der Waals surface area contributed by atoms with E-state index in [-0.39, 0.29) is 12.3 Å².